The van der Waals surface area contributed by atoms with Crippen molar-refractivity contribution in [2.45, 2.75) is 83.2 Å². The van der Waals surface area contributed by atoms with Gasteiger partial charge in [0.15, 0.2) is 0 Å². The van der Waals surface area contributed by atoms with E-state index in [1.807, 2.05) is 90.1 Å². The van der Waals surface area contributed by atoms with Crippen molar-refractivity contribution in [3.8, 4) is 5.75 Å². The third kappa shape index (κ3) is 4.39. The number of benzene rings is 1. The lowest BCUT2D eigenvalue weighted by Crippen LogP contribution is -2.61. The van der Waals surface area contributed by atoms with Gasteiger partial charge in [0.25, 0.3) is 0 Å². The Hall–Kier alpha value is -3.17. The van der Waals surface area contributed by atoms with E-state index in [2.05, 4.69) is 0 Å². The number of rotatable bonds is 7. The molecule has 6 atom stereocenters. The van der Waals surface area contributed by atoms with Gasteiger partial charge in [-0.3, -0.25) is 14.4 Å². The van der Waals surface area contributed by atoms with Gasteiger partial charge in [0.05, 0.1) is 36.7 Å². The van der Waals surface area contributed by atoms with Crippen LogP contribution in [0.25, 0.3) is 0 Å². The third-order valence-corrected chi connectivity index (χ3v) is 9.22. The van der Waals surface area contributed by atoms with Crippen LogP contribution in [-0.2, 0) is 19.1 Å². The van der Waals surface area contributed by atoms with Crippen LogP contribution in [-0.4, -0.2) is 87.8 Å². The maximum Gasteiger partial charge on any atom is 0.249 e. The molecule has 1 aromatic rings. The minimum Gasteiger partial charge on any atom is -0.494 e. The number of ether oxygens (including phenoxy) is 2. The molecule has 9 nitrogen and oxygen atoms in total. The largest absolute Gasteiger partial charge is 0.494 e. The molecule has 41 heavy (non-hydrogen) atoms. The van der Waals surface area contributed by atoms with Gasteiger partial charge in [0.1, 0.15) is 17.4 Å². The molecule has 5 rings (SSSR count). The second-order valence-corrected chi connectivity index (χ2v) is 12.4. The Morgan fingerprint density at radius 1 is 0.976 bits per heavy atom. The third-order valence-electron chi connectivity index (χ3n) is 9.22. The maximum atomic E-state index is 14.6. The zero-order valence-electron chi connectivity index (χ0n) is 25.0. The number of anilines is 1. The molecule has 0 aromatic heterocycles. The molecule has 1 unspecified atom stereocenters. The highest BCUT2D eigenvalue weighted by molar-refractivity contribution is 6.04. The van der Waals surface area contributed by atoms with E-state index < -0.39 is 40.7 Å². The minimum absolute atomic E-state index is 0.216. The lowest BCUT2D eigenvalue weighted by atomic mass is 9.73. The van der Waals surface area contributed by atoms with E-state index in [0.29, 0.717) is 44.0 Å². The first-order valence-corrected chi connectivity index (χ1v) is 14.8. The van der Waals surface area contributed by atoms with E-state index in [0.717, 1.165) is 0 Å². The minimum atomic E-state index is -1.35. The molecule has 1 spiro atoms. The standard InChI is InChI=1S/C32H43N3O6/c1-7-21(20-36)35-26-29(39)34(30(4,5)6)19-11-17-32(26)25(28(35)38)24-27(37)33(18-10-16-31(24,8-2)41-32)22-12-14-23(15-13-22)40-9-3/h10-17,21,24-26,36H,7-9,18-20H2,1-6H3/t21-,24-,25-,26?,31+,32-/m0/s1. The van der Waals surface area contributed by atoms with Crippen molar-refractivity contribution in [1.82, 2.24) is 9.80 Å². The molecule has 2 saturated heterocycles. The van der Waals surface area contributed by atoms with Gasteiger partial charge < -0.3 is 29.3 Å². The van der Waals surface area contributed by atoms with Crippen LogP contribution in [0.15, 0.2) is 48.6 Å². The van der Waals surface area contributed by atoms with Crippen LogP contribution in [0.1, 0.15) is 54.4 Å². The van der Waals surface area contributed by atoms with Gasteiger partial charge >= 0.3 is 0 Å². The Morgan fingerprint density at radius 3 is 2.24 bits per heavy atom. The van der Waals surface area contributed by atoms with Crippen LogP contribution in [0, 0.1) is 11.8 Å². The molecule has 0 aliphatic carbocycles. The van der Waals surface area contributed by atoms with Crippen LogP contribution in [0.3, 0.4) is 0 Å². The Morgan fingerprint density at radius 2 is 1.66 bits per heavy atom. The van der Waals surface area contributed by atoms with Gasteiger partial charge in [-0.05, 0) is 64.8 Å². The van der Waals surface area contributed by atoms with Crippen LogP contribution in [0.2, 0.25) is 0 Å². The molecule has 222 valence electrons. The zero-order chi connectivity index (χ0) is 29.7. The Bertz CT molecular complexity index is 1250. The molecular weight excluding hydrogens is 522 g/mol. The predicted molar refractivity (Wildman–Crippen MR) is 155 cm³/mol. The summed E-state index contributed by atoms with van der Waals surface area (Å²) in [6, 6.07) is 5.79. The second-order valence-electron chi connectivity index (χ2n) is 12.4. The molecule has 0 radical (unpaired) electrons. The summed E-state index contributed by atoms with van der Waals surface area (Å²) >= 11 is 0. The molecular formula is C32H43N3O6. The van der Waals surface area contributed by atoms with Gasteiger partial charge in [0, 0.05) is 24.3 Å². The van der Waals surface area contributed by atoms with Gasteiger partial charge in [-0.2, -0.15) is 0 Å². The molecule has 4 aliphatic rings. The van der Waals surface area contributed by atoms with E-state index in [9.17, 15) is 19.5 Å². The van der Waals surface area contributed by atoms with E-state index >= 15 is 0 Å². The molecule has 1 aromatic carbocycles. The highest BCUT2D eigenvalue weighted by atomic mass is 16.5. The van der Waals surface area contributed by atoms with E-state index in [-0.39, 0.29) is 24.3 Å². The quantitative estimate of drug-likeness (QED) is 0.510. The van der Waals surface area contributed by atoms with E-state index in [4.69, 9.17) is 9.47 Å². The summed E-state index contributed by atoms with van der Waals surface area (Å²) in [6.45, 7) is 12.6. The summed E-state index contributed by atoms with van der Waals surface area (Å²) in [4.78, 5) is 48.6. The number of likely N-dealkylation sites (tertiary alicyclic amines) is 1. The van der Waals surface area contributed by atoms with Crippen molar-refractivity contribution < 1.29 is 29.0 Å². The van der Waals surface area contributed by atoms with Gasteiger partial charge in [-0.15, -0.1) is 0 Å². The predicted octanol–water partition coefficient (Wildman–Crippen LogP) is 3.32. The summed E-state index contributed by atoms with van der Waals surface area (Å²) in [6.07, 6.45) is 8.54. The average molecular weight is 566 g/mol. The summed E-state index contributed by atoms with van der Waals surface area (Å²) in [5.41, 5.74) is -2.22. The fourth-order valence-corrected chi connectivity index (χ4v) is 7.23. The molecule has 9 heteroatoms. The van der Waals surface area contributed by atoms with Crippen LogP contribution in [0.4, 0.5) is 5.69 Å². The molecule has 4 heterocycles. The normalized spacial score (nSPS) is 32.0. The maximum absolute atomic E-state index is 14.6. The van der Waals surface area contributed by atoms with Crippen molar-refractivity contribution in [2.75, 3.05) is 31.2 Å². The SMILES string of the molecule is CCOc1ccc(N2CC=C[C@@]3(CC)O[C@]45C=CCN(C(C)(C)C)C(=O)C4N([C@@H](CC)CO)C(=O)[C@@H]5[C@H]3C2=O)cc1. The number of carbonyl (C=O) groups excluding carboxylic acids is 3. The number of amides is 3. The van der Waals surface area contributed by atoms with Crippen LogP contribution in [0.5, 0.6) is 5.75 Å². The van der Waals surface area contributed by atoms with E-state index in [1.165, 1.54) is 4.90 Å². The zero-order valence-corrected chi connectivity index (χ0v) is 25.0. The Labute approximate surface area is 242 Å². The number of hydrogen-bond acceptors (Lipinski definition) is 6. The lowest BCUT2D eigenvalue weighted by molar-refractivity contribution is -0.158. The first-order valence-electron chi connectivity index (χ1n) is 14.8. The van der Waals surface area contributed by atoms with Crippen molar-refractivity contribution in [1.29, 1.82) is 0 Å². The summed E-state index contributed by atoms with van der Waals surface area (Å²) in [7, 11) is 0. The van der Waals surface area contributed by atoms with Crippen molar-refractivity contribution >= 4 is 23.4 Å². The number of fused-ring (bicyclic) bond motifs is 2. The smallest absolute Gasteiger partial charge is 0.249 e. The second kappa shape index (κ2) is 10.6. The fraction of sp³-hybridized carbons (Fsp3) is 0.594. The van der Waals surface area contributed by atoms with Gasteiger partial charge in [-0.25, -0.2) is 0 Å². The van der Waals surface area contributed by atoms with Crippen molar-refractivity contribution in [2.24, 2.45) is 11.8 Å². The average Bonchev–Trinajstić information content (AvgIpc) is 3.22. The Kier molecular flexibility index (Phi) is 7.57. The number of aliphatic hydroxyl groups is 1. The summed E-state index contributed by atoms with van der Waals surface area (Å²) in [5, 5.41) is 10.3. The first-order chi connectivity index (χ1) is 19.5. The number of aliphatic hydroxyl groups excluding tert-OH is 1. The highest BCUT2D eigenvalue weighted by Crippen LogP contribution is 2.59. The molecule has 1 N–H and O–H groups in total. The Balaban J connectivity index is 1.65. The molecule has 4 aliphatic heterocycles. The number of hydrogen-bond donors (Lipinski definition) is 1. The molecule has 2 fully saturated rings. The van der Waals surface area contributed by atoms with Crippen molar-refractivity contribution in [3.63, 3.8) is 0 Å². The molecule has 0 saturated carbocycles. The number of carbonyl (C=O) groups is 3. The van der Waals surface area contributed by atoms with Crippen LogP contribution < -0.4 is 9.64 Å². The molecule has 0 bridgehead atoms. The lowest BCUT2D eigenvalue weighted by Gasteiger charge is -2.43. The number of nitrogens with zero attached hydrogens (tertiary/aromatic N) is 3. The van der Waals surface area contributed by atoms with Crippen molar-refractivity contribution in [3.05, 3.63) is 48.6 Å². The van der Waals surface area contributed by atoms with Crippen LogP contribution >= 0.6 is 0 Å². The summed E-state index contributed by atoms with van der Waals surface area (Å²) in [5.74, 6) is -1.83. The summed E-state index contributed by atoms with van der Waals surface area (Å²) < 4.78 is 12.6. The molecule has 3 amide bonds. The van der Waals surface area contributed by atoms with E-state index in [1.54, 1.807) is 9.80 Å². The van der Waals surface area contributed by atoms with Gasteiger partial charge in [-0.1, -0.05) is 38.2 Å². The fourth-order valence-electron chi connectivity index (χ4n) is 7.23. The first kappa shape index (κ1) is 29.3. The topological polar surface area (TPSA) is 99.6 Å². The highest BCUT2D eigenvalue weighted by Gasteiger charge is 2.76. The van der Waals surface area contributed by atoms with Gasteiger partial charge in [0.2, 0.25) is 17.7 Å². The monoisotopic (exact) mass is 565 g/mol.